The van der Waals surface area contributed by atoms with Gasteiger partial charge in [-0.2, -0.15) is 4.79 Å². The third kappa shape index (κ3) is 3.90. The molecule has 4 atom stereocenters. The van der Waals surface area contributed by atoms with Crippen LogP contribution in [0, 0.1) is 16.7 Å². The second-order valence-corrected chi connectivity index (χ2v) is 12.3. The molecule has 34 heavy (non-hydrogen) atoms. The monoisotopic (exact) mass is 502 g/mol. The van der Waals surface area contributed by atoms with Crippen molar-refractivity contribution in [2.75, 3.05) is 14.1 Å². The molecular formula is C27H36Cl2N4O. The number of rotatable bonds is 5. The van der Waals surface area contributed by atoms with Crippen LogP contribution in [0.15, 0.2) is 29.8 Å². The number of halogens is 2. The molecule has 0 radical (unpaired) electrons. The second kappa shape index (κ2) is 9.00. The minimum absolute atomic E-state index is 0.00671. The molecule has 2 bridgehead atoms. The Balaban J connectivity index is 1.50. The number of urea groups is 1. The minimum Gasteiger partial charge on any atom is -0.362 e. The Kier molecular flexibility index (Phi) is 6.70. The van der Waals surface area contributed by atoms with E-state index in [0.717, 1.165) is 49.8 Å². The first-order chi connectivity index (χ1) is 16.0. The molecule has 4 aliphatic rings. The molecule has 1 aromatic rings. The summed E-state index contributed by atoms with van der Waals surface area (Å²) in [7, 11) is 3.53. The van der Waals surface area contributed by atoms with Gasteiger partial charge in [-0.25, -0.2) is 4.79 Å². The van der Waals surface area contributed by atoms with Crippen molar-refractivity contribution >= 4 is 34.9 Å². The maximum absolute atomic E-state index is 11.9. The summed E-state index contributed by atoms with van der Waals surface area (Å²) in [5.74, 6) is 0.394. The molecule has 2 amide bonds. The van der Waals surface area contributed by atoms with Crippen molar-refractivity contribution in [2.45, 2.75) is 77.2 Å². The van der Waals surface area contributed by atoms with E-state index < -0.39 is 0 Å². The molecule has 0 spiro atoms. The Morgan fingerprint density at radius 2 is 2.00 bits per heavy atom. The van der Waals surface area contributed by atoms with Gasteiger partial charge in [0.1, 0.15) is 0 Å². The number of hydrogen-bond acceptors (Lipinski definition) is 1. The molecule has 0 saturated heterocycles. The van der Waals surface area contributed by atoms with Crippen LogP contribution in [0.1, 0.15) is 71.3 Å². The highest BCUT2D eigenvalue weighted by Crippen LogP contribution is 2.73. The van der Waals surface area contributed by atoms with Gasteiger partial charge in [-0.3, -0.25) is 0 Å². The Labute approximate surface area is 213 Å². The average Bonchev–Trinajstić information content (AvgIpc) is 2.80. The number of carbonyl (C=O) groups is 1. The SMILES string of the molecule is CN(C)C(=O)NC1CC=C(CCC2(C)C(=[N+]=[N-])CC3(c4cccc(Cl)c4Cl)CC2C3(C)C)CC1. The van der Waals surface area contributed by atoms with Crippen LogP contribution in [-0.4, -0.2) is 41.6 Å². The summed E-state index contributed by atoms with van der Waals surface area (Å²) in [5, 5.41) is 4.29. The molecule has 7 heteroatoms. The summed E-state index contributed by atoms with van der Waals surface area (Å²) in [6.07, 6.45) is 8.80. The summed E-state index contributed by atoms with van der Waals surface area (Å²) in [5.41, 5.74) is 13.2. The van der Waals surface area contributed by atoms with E-state index in [2.05, 4.69) is 43.0 Å². The van der Waals surface area contributed by atoms with Gasteiger partial charge in [0.2, 0.25) is 0 Å². The Morgan fingerprint density at radius 3 is 2.59 bits per heavy atom. The van der Waals surface area contributed by atoms with Crippen molar-refractivity contribution in [1.82, 2.24) is 10.2 Å². The smallest absolute Gasteiger partial charge is 0.317 e. The minimum atomic E-state index is -0.165. The Hall–Kier alpha value is -1.81. The normalized spacial score (nSPS) is 31.7. The molecule has 1 N–H and O–H groups in total. The van der Waals surface area contributed by atoms with E-state index in [1.807, 2.05) is 12.1 Å². The largest absolute Gasteiger partial charge is 0.362 e. The first-order valence-electron chi connectivity index (χ1n) is 12.3. The van der Waals surface area contributed by atoms with E-state index >= 15 is 0 Å². The van der Waals surface area contributed by atoms with Gasteiger partial charge in [0, 0.05) is 25.6 Å². The number of fused-ring (bicyclic) bond motifs is 2. The number of hydrogen-bond donors (Lipinski definition) is 1. The van der Waals surface area contributed by atoms with Crippen LogP contribution in [0.25, 0.3) is 5.53 Å². The molecule has 5 rings (SSSR count). The highest BCUT2D eigenvalue weighted by atomic mass is 35.5. The molecule has 184 valence electrons. The van der Waals surface area contributed by atoms with Crippen LogP contribution < -0.4 is 5.32 Å². The fourth-order valence-electron chi connectivity index (χ4n) is 6.94. The predicted molar refractivity (Wildman–Crippen MR) is 139 cm³/mol. The van der Waals surface area contributed by atoms with Gasteiger partial charge in [0.25, 0.3) is 5.71 Å². The highest BCUT2D eigenvalue weighted by molar-refractivity contribution is 6.42. The number of carbonyl (C=O) groups excluding carboxylic acids is 1. The second-order valence-electron chi connectivity index (χ2n) is 11.5. The van der Waals surface area contributed by atoms with E-state index in [4.69, 9.17) is 23.2 Å². The van der Waals surface area contributed by atoms with Crippen LogP contribution in [-0.2, 0) is 5.41 Å². The maximum Gasteiger partial charge on any atom is 0.317 e. The van der Waals surface area contributed by atoms with Gasteiger partial charge in [-0.1, -0.05) is 60.8 Å². The lowest BCUT2D eigenvalue weighted by Crippen LogP contribution is -2.70. The molecule has 0 heterocycles. The van der Waals surface area contributed by atoms with Crippen LogP contribution in [0.4, 0.5) is 4.79 Å². The molecule has 4 unspecified atom stereocenters. The molecule has 1 aromatic carbocycles. The molecule has 0 aromatic heterocycles. The number of allylic oxidation sites excluding steroid dienone is 1. The molecule has 3 fully saturated rings. The standard InChI is InChI=1S/C27H36Cl2N4O/c1-25(2)21-15-27(25,19-7-6-8-20(28)23(19)29)16-22(32-30)26(21,3)14-13-17-9-11-18(12-10-17)31-24(34)33(4)5/h6-9,18,21H,10-16H2,1-5H3,(H,31,34). The van der Waals surface area contributed by atoms with Gasteiger partial charge in [0.15, 0.2) is 0 Å². The summed E-state index contributed by atoms with van der Waals surface area (Å²) in [6.45, 7) is 6.95. The number of nitrogens with one attached hydrogen (secondary N) is 1. The van der Waals surface area contributed by atoms with Crippen molar-refractivity contribution in [2.24, 2.45) is 16.7 Å². The quantitative estimate of drug-likeness (QED) is 0.265. The number of nitrogens with zero attached hydrogens (tertiary/aromatic N) is 3. The molecule has 0 aliphatic heterocycles. The first-order valence-corrected chi connectivity index (χ1v) is 13.0. The van der Waals surface area contributed by atoms with Gasteiger partial charge in [0.05, 0.1) is 21.9 Å². The fraction of sp³-hybridized carbons (Fsp3) is 0.630. The summed E-state index contributed by atoms with van der Waals surface area (Å²) >= 11 is 13.1. The molecule has 5 nitrogen and oxygen atoms in total. The predicted octanol–water partition coefficient (Wildman–Crippen LogP) is 6.89. The third-order valence-corrected chi connectivity index (χ3v) is 10.2. The highest BCUT2D eigenvalue weighted by Gasteiger charge is 2.73. The zero-order valence-electron chi connectivity index (χ0n) is 20.9. The number of amides is 2. The van der Waals surface area contributed by atoms with Crippen molar-refractivity contribution in [3.05, 3.63) is 51.0 Å². The van der Waals surface area contributed by atoms with Crippen LogP contribution in [0.2, 0.25) is 10.0 Å². The van der Waals surface area contributed by atoms with E-state index in [1.54, 1.807) is 19.0 Å². The summed E-state index contributed by atoms with van der Waals surface area (Å²) < 4.78 is 0. The van der Waals surface area contributed by atoms with E-state index in [0.29, 0.717) is 22.4 Å². The molecule has 4 aliphatic carbocycles. The average molecular weight is 504 g/mol. The van der Waals surface area contributed by atoms with Gasteiger partial charge in [-0.05, 0) is 68.4 Å². The maximum atomic E-state index is 11.9. The van der Waals surface area contributed by atoms with Gasteiger partial charge < -0.3 is 15.7 Å². The van der Waals surface area contributed by atoms with Crippen LogP contribution in [0.5, 0.6) is 0 Å². The van der Waals surface area contributed by atoms with E-state index in [-0.39, 0.29) is 28.3 Å². The van der Waals surface area contributed by atoms with Crippen molar-refractivity contribution in [3.63, 3.8) is 0 Å². The van der Waals surface area contributed by atoms with Crippen molar-refractivity contribution in [1.29, 1.82) is 0 Å². The third-order valence-electron chi connectivity index (χ3n) is 9.35. The van der Waals surface area contributed by atoms with Crippen LogP contribution >= 0.6 is 23.2 Å². The summed E-state index contributed by atoms with van der Waals surface area (Å²) in [6, 6.07) is 6.05. The number of benzene rings is 1. The Morgan fingerprint density at radius 1 is 1.26 bits per heavy atom. The molecular weight excluding hydrogens is 467 g/mol. The fourth-order valence-corrected chi connectivity index (χ4v) is 7.43. The Bertz CT molecular complexity index is 1070. The van der Waals surface area contributed by atoms with Crippen molar-refractivity contribution < 1.29 is 9.58 Å². The first kappa shape index (κ1) is 25.3. The lowest BCUT2D eigenvalue weighted by atomic mass is 9.32. The van der Waals surface area contributed by atoms with E-state index in [1.165, 1.54) is 5.57 Å². The molecule has 3 saturated carbocycles. The van der Waals surface area contributed by atoms with Crippen molar-refractivity contribution in [3.8, 4) is 0 Å². The van der Waals surface area contributed by atoms with E-state index in [9.17, 15) is 10.3 Å². The van der Waals surface area contributed by atoms with Crippen LogP contribution in [0.3, 0.4) is 0 Å². The van der Waals surface area contributed by atoms with Gasteiger partial charge in [-0.15, -0.1) is 0 Å². The topological polar surface area (TPSA) is 68.7 Å². The lowest BCUT2D eigenvalue weighted by Gasteiger charge is -2.69. The zero-order chi connectivity index (χ0) is 24.9. The van der Waals surface area contributed by atoms with Gasteiger partial charge >= 0.3 is 6.03 Å². The lowest BCUT2D eigenvalue weighted by molar-refractivity contribution is -0.152. The summed E-state index contributed by atoms with van der Waals surface area (Å²) in [4.78, 5) is 17.4. The zero-order valence-corrected chi connectivity index (χ0v) is 22.4.